The predicted octanol–water partition coefficient (Wildman–Crippen LogP) is 9.64. The lowest BCUT2D eigenvalue weighted by Gasteiger charge is -2.26. The number of anilines is 3. The van der Waals surface area contributed by atoms with Gasteiger partial charge in [0.1, 0.15) is 0 Å². The van der Waals surface area contributed by atoms with Crippen molar-refractivity contribution < 1.29 is 0 Å². The second-order valence-corrected chi connectivity index (χ2v) is 8.70. The van der Waals surface area contributed by atoms with Crippen LogP contribution in [0.5, 0.6) is 0 Å². The highest BCUT2D eigenvalue weighted by Crippen LogP contribution is 2.37. The molecule has 1 nitrogen and oxygen atoms in total. The van der Waals surface area contributed by atoms with E-state index in [1.165, 1.54) is 33.0 Å². The van der Waals surface area contributed by atoms with Gasteiger partial charge in [0.2, 0.25) is 0 Å². The quantitative estimate of drug-likeness (QED) is 0.254. The Morgan fingerprint density at radius 2 is 0.800 bits per heavy atom. The number of benzene rings is 6. The number of hydrogen-bond donors (Lipinski definition) is 0. The molecule has 0 aliphatic heterocycles. The van der Waals surface area contributed by atoms with Crippen molar-refractivity contribution in [3.63, 3.8) is 0 Å². The topological polar surface area (TPSA) is 3.24 Å². The van der Waals surface area contributed by atoms with E-state index in [2.05, 4.69) is 157 Å². The Morgan fingerprint density at radius 3 is 1.57 bits per heavy atom. The standard InChI is InChI=1S/C34H25N/c1-3-10-26(11-4-1)28-20-22-33(23-21-28)35(32-15-5-2-6-16-32)34-17-9-14-30(25-34)31-19-18-27-12-7-8-13-29(27)24-31/h1-25H. The second kappa shape index (κ2) is 9.32. The highest BCUT2D eigenvalue weighted by atomic mass is 15.1. The molecule has 6 aromatic rings. The Kier molecular flexibility index (Phi) is 5.58. The van der Waals surface area contributed by atoms with Crippen molar-refractivity contribution in [1.82, 2.24) is 0 Å². The summed E-state index contributed by atoms with van der Waals surface area (Å²) in [6, 6.07) is 53.9. The van der Waals surface area contributed by atoms with Crippen LogP contribution in [0.25, 0.3) is 33.0 Å². The number of fused-ring (bicyclic) bond motifs is 1. The molecule has 0 aliphatic rings. The molecular formula is C34H25N. The van der Waals surface area contributed by atoms with E-state index in [9.17, 15) is 0 Å². The van der Waals surface area contributed by atoms with Crippen LogP contribution in [0.3, 0.4) is 0 Å². The fourth-order valence-electron chi connectivity index (χ4n) is 4.65. The average molecular weight is 448 g/mol. The maximum atomic E-state index is 2.32. The van der Waals surface area contributed by atoms with E-state index in [1.807, 2.05) is 0 Å². The minimum Gasteiger partial charge on any atom is -0.310 e. The van der Waals surface area contributed by atoms with Gasteiger partial charge in [-0.2, -0.15) is 0 Å². The minimum atomic E-state index is 1.13. The van der Waals surface area contributed by atoms with Gasteiger partial charge in [-0.05, 0) is 75.5 Å². The number of nitrogens with zero attached hydrogens (tertiary/aromatic N) is 1. The van der Waals surface area contributed by atoms with E-state index in [-0.39, 0.29) is 0 Å². The summed E-state index contributed by atoms with van der Waals surface area (Å²) in [7, 11) is 0. The predicted molar refractivity (Wildman–Crippen MR) is 150 cm³/mol. The molecule has 6 aromatic carbocycles. The molecule has 0 bridgehead atoms. The lowest BCUT2D eigenvalue weighted by molar-refractivity contribution is 1.28. The third kappa shape index (κ3) is 4.32. The summed E-state index contributed by atoms with van der Waals surface area (Å²) in [4.78, 5) is 2.32. The monoisotopic (exact) mass is 447 g/mol. The molecule has 1 heteroatoms. The Bertz CT molecular complexity index is 1570. The highest BCUT2D eigenvalue weighted by Gasteiger charge is 2.13. The first kappa shape index (κ1) is 20.9. The zero-order valence-electron chi connectivity index (χ0n) is 19.4. The molecule has 166 valence electrons. The third-order valence-electron chi connectivity index (χ3n) is 6.43. The fourth-order valence-corrected chi connectivity index (χ4v) is 4.65. The van der Waals surface area contributed by atoms with Crippen LogP contribution in [-0.2, 0) is 0 Å². The van der Waals surface area contributed by atoms with Crippen molar-refractivity contribution in [2.45, 2.75) is 0 Å². The van der Waals surface area contributed by atoms with Gasteiger partial charge in [-0.15, -0.1) is 0 Å². The number of hydrogen-bond acceptors (Lipinski definition) is 1. The van der Waals surface area contributed by atoms with Gasteiger partial charge in [-0.25, -0.2) is 0 Å². The Hall–Kier alpha value is -4.62. The summed E-state index contributed by atoms with van der Waals surface area (Å²) >= 11 is 0. The van der Waals surface area contributed by atoms with E-state index in [0.717, 1.165) is 17.1 Å². The van der Waals surface area contributed by atoms with Crippen LogP contribution in [0.1, 0.15) is 0 Å². The molecule has 0 N–H and O–H groups in total. The molecule has 0 saturated carbocycles. The van der Waals surface area contributed by atoms with E-state index in [0.29, 0.717) is 0 Å². The van der Waals surface area contributed by atoms with E-state index < -0.39 is 0 Å². The van der Waals surface area contributed by atoms with Gasteiger partial charge in [-0.1, -0.05) is 109 Å². The molecule has 35 heavy (non-hydrogen) atoms. The van der Waals surface area contributed by atoms with Gasteiger partial charge in [0.15, 0.2) is 0 Å². The lowest BCUT2D eigenvalue weighted by atomic mass is 10.0. The van der Waals surface area contributed by atoms with Crippen LogP contribution in [-0.4, -0.2) is 0 Å². The first-order valence-corrected chi connectivity index (χ1v) is 12.0. The van der Waals surface area contributed by atoms with Gasteiger partial charge in [-0.3, -0.25) is 0 Å². The molecule has 0 amide bonds. The summed E-state index contributed by atoms with van der Waals surface area (Å²) < 4.78 is 0. The van der Waals surface area contributed by atoms with Crippen LogP contribution in [0.15, 0.2) is 152 Å². The first-order chi connectivity index (χ1) is 17.3. The molecule has 6 rings (SSSR count). The van der Waals surface area contributed by atoms with Crippen LogP contribution in [0.2, 0.25) is 0 Å². The smallest absolute Gasteiger partial charge is 0.0467 e. The van der Waals surface area contributed by atoms with E-state index >= 15 is 0 Å². The highest BCUT2D eigenvalue weighted by molar-refractivity contribution is 5.88. The molecule has 0 atom stereocenters. The zero-order valence-corrected chi connectivity index (χ0v) is 19.4. The van der Waals surface area contributed by atoms with Crippen LogP contribution in [0, 0.1) is 0 Å². The zero-order chi connectivity index (χ0) is 23.5. The maximum absolute atomic E-state index is 2.32. The summed E-state index contributed by atoms with van der Waals surface area (Å²) in [6.45, 7) is 0. The molecule has 0 radical (unpaired) electrons. The van der Waals surface area contributed by atoms with E-state index in [1.54, 1.807) is 0 Å². The summed E-state index contributed by atoms with van der Waals surface area (Å²) in [5, 5.41) is 2.52. The van der Waals surface area contributed by atoms with Crippen molar-refractivity contribution >= 4 is 27.8 Å². The summed E-state index contributed by atoms with van der Waals surface area (Å²) in [6.07, 6.45) is 0. The Morgan fingerprint density at radius 1 is 0.286 bits per heavy atom. The van der Waals surface area contributed by atoms with Crippen LogP contribution in [0.4, 0.5) is 17.1 Å². The van der Waals surface area contributed by atoms with Crippen molar-refractivity contribution in [2.75, 3.05) is 4.90 Å². The molecular weight excluding hydrogens is 422 g/mol. The van der Waals surface area contributed by atoms with Crippen molar-refractivity contribution in [1.29, 1.82) is 0 Å². The second-order valence-electron chi connectivity index (χ2n) is 8.70. The third-order valence-corrected chi connectivity index (χ3v) is 6.43. The van der Waals surface area contributed by atoms with E-state index in [4.69, 9.17) is 0 Å². The maximum Gasteiger partial charge on any atom is 0.0467 e. The van der Waals surface area contributed by atoms with Gasteiger partial charge in [0, 0.05) is 17.1 Å². The van der Waals surface area contributed by atoms with Crippen LogP contribution < -0.4 is 4.90 Å². The van der Waals surface area contributed by atoms with Crippen LogP contribution >= 0.6 is 0 Å². The SMILES string of the molecule is c1ccc(-c2ccc(N(c3ccccc3)c3cccc(-c4ccc5ccccc5c4)c3)cc2)cc1. The van der Waals surface area contributed by atoms with Crippen molar-refractivity contribution in [2.24, 2.45) is 0 Å². The Labute approximate surface area is 206 Å². The van der Waals surface area contributed by atoms with Crippen molar-refractivity contribution in [3.05, 3.63) is 152 Å². The molecule has 0 aromatic heterocycles. The molecule has 0 spiro atoms. The largest absolute Gasteiger partial charge is 0.310 e. The van der Waals surface area contributed by atoms with Gasteiger partial charge in [0.25, 0.3) is 0 Å². The van der Waals surface area contributed by atoms with Crippen molar-refractivity contribution in [3.8, 4) is 22.3 Å². The summed E-state index contributed by atoms with van der Waals surface area (Å²) in [5.41, 5.74) is 8.26. The molecule has 0 fully saturated rings. The summed E-state index contributed by atoms with van der Waals surface area (Å²) in [5.74, 6) is 0. The molecule has 0 heterocycles. The lowest BCUT2D eigenvalue weighted by Crippen LogP contribution is -2.09. The minimum absolute atomic E-state index is 1.13. The van der Waals surface area contributed by atoms with Gasteiger partial charge in [0.05, 0.1) is 0 Å². The number of rotatable bonds is 5. The average Bonchev–Trinajstić information content (AvgIpc) is 2.95. The van der Waals surface area contributed by atoms with Gasteiger partial charge < -0.3 is 4.90 Å². The Balaban J connectivity index is 1.42. The molecule has 0 unspecified atom stereocenters. The molecule has 0 aliphatic carbocycles. The number of para-hydroxylation sites is 1. The molecule has 0 saturated heterocycles. The van der Waals surface area contributed by atoms with Gasteiger partial charge >= 0.3 is 0 Å². The first-order valence-electron chi connectivity index (χ1n) is 12.0. The normalized spacial score (nSPS) is 10.9. The fraction of sp³-hybridized carbons (Fsp3) is 0.